The van der Waals surface area contributed by atoms with Gasteiger partial charge in [0.25, 0.3) is 5.91 Å². The molecule has 0 spiro atoms. The maximum Gasteiger partial charge on any atom is 0.253 e. The molecule has 3 aromatic rings. The van der Waals surface area contributed by atoms with E-state index >= 15 is 0 Å². The highest BCUT2D eigenvalue weighted by Crippen LogP contribution is 2.33. The zero-order valence-corrected chi connectivity index (χ0v) is 19.0. The molecule has 1 N–H and O–H groups in total. The molecule has 2 amide bonds. The molecule has 1 fully saturated rings. The van der Waals surface area contributed by atoms with Crippen LogP contribution in [0.15, 0.2) is 71.3 Å². The Morgan fingerprint density at radius 1 is 1.12 bits per heavy atom. The van der Waals surface area contributed by atoms with Crippen molar-refractivity contribution in [3.05, 3.63) is 83.8 Å². The Balaban J connectivity index is 1.43. The van der Waals surface area contributed by atoms with E-state index in [4.69, 9.17) is 9.15 Å². The van der Waals surface area contributed by atoms with Crippen LogP contribution in [0.4, 0.5) is 5.69 Å². The molecular weight excluding hydrogens is 418 g/mol. The summed E-state index contributed by atoms with van der Waals surface area (Å²) in [6.07, 6.45) is 3.62. The summed E-state index contributed by atoms with van der Waals surface area (Å²) in [5.41, 5.74) is 2.22. The number of carbonyl (C=O) groups is 2. The number of likely N-dealkylation sites (N-methyl/N-ethyl adjacent to an activating group) is 1. The van der Waals surface area contributed by atoms with Crippen LogP contribution in [0, 0.1) is 0 Å². The van der Waals surface area contributed by atoms with Crippen LogP contribution in [-0.2, 0) is 11.3 Å². The van der Waals surface area contributed by atoms with Gasteiger partial charge in [0, 0.05) is 13.1 Å². The minimum atomic E-state index is -0.251. The molecule has 1 saturated heterocycles. The van der Waals surface area contributed by atoms with E-state index in [1.165, 1.54) is 5.56 Å². The summed E-state index contributed by atoms with van der Waals surface area (Å²) in [4.78, 5) is 29.8. The highest BCUT2D eigenvalue weighted by molar-refractivity contribution is 6.05. The fourth-order valence-electron chi connectivity index (χ4n) is 4.27. The van der Waals surface area contributed by atoms with Crippen molar-refractivity contribution < 1.29 is 18.7 Å². The molecule has 1 aliphatic heterocycles. The van der Waals surface area contributed by atoms with Gasteiger partial charge in [-0.1, -0.05) is 24.3 Å². The first-order valence-electron chi connectivity index (χ1n) is 11.1. The van der Waals surface area contributed by atoms with Crippen LogP contribution in [0.5, 0.6) is 5.75 Å². The van der Waals surface area contributed by atoms with Crippen LogP contribution >= 0.6 is 0 Å². The Bertz CT molecular complexity index is 1080. The molecule has 7 nitrogen and oxygen atoms in total. The molecule has 0 radical (unpaired) electrons. The van der Waals surface area contributed by atoms with Gasteiger partial charge in [0.05, 0.1) is 37.7 Å². The number of amides is 2. The third-order valence-electron chi connectivity index (χ3n) is 6.09. The second-order valence-corrected chi connectivity index (χ2v) is 8.13. The number of ether oxygens (including phenoxy) is 1. The fourth-order valence-corrected chi connectivity index (χ4v) is 4.27. The van der Waals surface area contributed by atoms with Crippen molar-refractivity contribution in [1.29, 1.82) is 0 Å². The van der Waals surface area contributed by atoms with Crippen LogP contribution < -0.4 is 15.0 Å². The third kappa shape index (κ3) is 5.26. The number of hydrogen-bond acceptors (Lipinski definition) is 5. The molecular formula is C26H29N3O4. The molecule has 2 heterocycles. The van der Waals surface area contributed by atoms with Crippen molar-refractivity contribution in [3.8, 4) is 5.75 Å². The monoisotopic (exact) mass is 447 g/mol. The molecule has 0 saturated carbocycles. The fraction of sp³-hybridized carbons (Fsp3) is 0.308. The van der Waals surface area contributed by atoms with Crippen molar-refractivity contribution in [2.24, 2.45) is 0 Å². The summed E-state index contributed by atoms with van der Waals surface area (Å²) in [5.74, 6) is 1.19. The molecule has 0 aliphatic carbocycles. The molecule has 172 valence electrons. The standard InChI is InChI=1S/C26H29N3O4/c1-28(24-9-4-3-8-22(24)26(31)27-17-21-7-6-16-33-21)25(30)18-29-15-5-10-23(29)19-11-13-20(32-2)14-12-19/h3-4,6-9,11-14,16,23H,5,10,15,17-18H2,1-2H3,(H,27,31)/t23-/m0/s1. The van der Waals surface area contributed by atoms with Crippen LogP contribution in [0.1, 0.15) is 40.6 Å². The summed E-state index contributed by atoms with van der Waals surface area (Å²) >= 11 is 0. The molecule has 1 atom stereocenters. The van der Waals surface area contributed by atoms with Crippen LogP contribution in [0.25, 0.3) is 0 Å². The summed E-state index contributed by atoms with van der Waals surface area (Å²) in [6, 6.07) is 19.0. The molecule has 2 aromatic carbocycles. The van der Waals surface area contributed by atoms with E-state index in [1.807, 2.05) is 18.2 Å². The largest absolute Gasteiger partial charge is 0.497 e. The first-order chi connectivity index (χ1) is 16.1. The van der Waals surface area contributed by atoms with Gasteiger partial charge < -0.3 is 19.4 Å². The normalized spacial score (nSPS) is 15.9. The molecule has 1 aliphatic rings. The molecule has 33 heavy (non-hydrogen) atoms. The van der Waals surface area contributed by atoms with Crippen molar-refractivity contribution in [2.75, 3.05) is 32.1 Å². The second kappa shape index (κ2) is 10.4. The number of para-hydroxylation sites is 1. The lowest BCUT2D eigenvalue weighted by molar-refractivity contribution is -0.119. The van der Waals surface area contributed by atoms with Crippen LogP contribution in [0.3, 0.4) is 0 Å². The number of methoxy groups -OCH3 is 1. The lowest BCUT2D eigenvalue weighted by Crippen LogP contribution is -2.39. The van der Waals surface area contributed by atoms with Gasteiger partial charge in [-0.05, 0) is 61.3 Å². The number of carbonyl (C=O) groups excluding carboxylic acids is 2. The highest BCUT2D eigenvalue weighted by atomic mass is 16.5. The van der Waals surface area contributed by atoms with E-state index < -0.39 is 0 Å². The average molecular weight is 448 g/mol. The van der Waals surface area contributed by atoms with Gasteiger partial charge in [0.15, 0.2) is 0 Å². The van der Waals surface area contributed by atoms with Gasteiger partial charge in [-0.3, -0.25) is 14.5 Å². The van der Waals surface area contributed by atoms with E-state index in [9.17, 15) is 9.59 Å². The first kappa shape index (κ1) is 22.6. The van der Waals surface area contributed by atoms with Gasteiger partial charge in [-0.25, -0.2) is 0 Å². The summed E-state index contributed by atoms with van der Waals surface area (Å²) < 4.78 is 10.5. The number of rotatable bonds is 8. The van der Waals surface area contributed by atoms with Crippen molar-refractivity contribution >= 4 is 17.5 Å². The maximum atomic E-state index is 13.2. The minimum absolute atomic E-state index is 0.0540. The number of hydrogen-bond donors (Lipinski definition) is 1. The highest BCUT2D eigenvalue weighted by Gasteiger charge is 2.29. The number of furan rings is 1. The smallest absolute Gasteiger partial charge is 0.253 e. The van der Waals surface area contributed by atoms with Crippen molar-refractivity contribution in [2.45, 2.75) is 25.4 Å². The summed E-state index contributed by atoms with van der Waals surface area (Å²) in [6.45, 7) is 1.44. The van der Waals surface area contributed by atoms with Crippen molar-refractivity contribution in [1.82, 2.24) is 10.2 Å². The Morgan fingerprint density at radius 3 is 2.64 bits per heavy atom. The number of nitrogens with zero attached hydrogens (tertiary/aromatic N) is 2. The topological polar surface area (TPSA) is 75.0 Å². The van der Waals surface area contributed by atoms with Gasteiger partial charge in [-0.2, -0.15) is 0 Å². The Hall–Kier alpha value is -3.58. The second-order valence-electron chi connectivity index (χ2n) is 8.13. The van der Waals surface area contributed by atoms with E-state index in [2.05, 4.69) is 22.3 Å². The lowest BCUT2D eigenvalue weighted by atomic mass is 10.0. The van der Waals surface area contributed by atoms with E-state index in [0.29, 0.717) is 17.0 Å². The molecule has 1 aromatic heterocycles. The first-order valence-corrected chi connectivity index (χ1v) is 11.1. The lowest BCUT2D eigenvalue weighted by Gasteiger charge is -2.27. The van der Waals surface area contributed by atoms with E-state index in [0.717, 1.165) is 25.1 Å². The quantitative estimate of drug-likeness (QED) is 0.565. The number of benzene rings is 2. The molecule has 4 rings (SSSR count). The van der Waals surface area contributed by atoms with Gasteiger partial charge in [0.2, 0.25) is 5.91 Å². The van der Waals surface area contributed by atoms with Gasteiger partial charge in [-0.15, -0.1) is 0 Å². The summed E-state index contributed by atoms with van der Waals surface area (Å²) in [7, 11) is 3.37. The predicted octanol–water partition coefficient (Wildman–Crippen LogP) is 4.02. The van der Waals surface area contributed by atoms with Crippen LogP contribution in [-0.4, -0.2) is 44.0 Å². The average Bonchev–Trinajstić information content (AvgIpc) is 3.54. The van der Waals surface area contributed by atoms with Crippen molar-refractivity contribution in [3.63, 3.8) is 0 Å². The van der Waals surface area contributed by atoms with Crippen LogP contribution in [0.2, 0.25) is 0 Å². The number of nitrogens with one attached hydrogen (secondary N) is 1. The molecule has 0 bridgehead atoms. The predicted molar refractivity (Wildman–Crippen MR) is 126 cm³/mol. The zero-order chi connectivity index (χ0) is 23.2. The van der Waals surface area contributed by atoms with Gasteiger partial charge >= 0.3 is 0 Å². The number of likely N-dealkylation sites (tertiary alicyclic amines) is 1. The van der Waals surface area contributed by atoms with E-state index in [1.54, 1.807) is 55.7 Å². The molecule has 0 unspecified atom stereocenters. The maximum absolute atomic E-state index is 13.2. The Labute approximate surface area is 193 Å². The number of anilines is 1. The Kier molecular flexibility index (Phi) is 7.10. The Morgan fingerprint density at radius 2 is 1.91 bits per heavy atom. The van der Waals surface area contributed by atoms with Gasteiger partial charge in [0.1, 0.15) is 11.5 Å². The zero-order valence-electron chi connectivity index (χ0n) is 19.0. The third-order valence-corrected chi connectivity index (χ3v) is 6.09. The van der Waals surface area contributed by atoms with E-state index in [-0.39, 0.29) is 30.9 Å². The SMILES string of the molecule is COc1ccc([C@@H]2CCCN2CC(=O)N(C)c2ccccc2C(=O)NCc2ccco2)cc1. The molecule has 7 heteroatoms. The summed E-state index contributed by atoms with van der Waals surface area (Å²) in [5, 5.41) is 2.86. The minimum Gasteiger partial charge on any atom is -0.497 e.